The summed E-state index contributed by atoms with van der Waals surface area (Å²) in [7, 11) is 0. The van der Waals surface area contributed by atoms with E-state index in [9.17, 15) is 19.2 Å². The minimum absolute atomic E-state index is 0.234. The molecule has 1 aromatic carbocycles. The number of benzene rings is 1. The van der Waals surface area contributed by atoms with Crippen molar-refractivity contribution in [2.75, 3.05) is 13.1 Å². The molecule has 6 amide bonds. The van der Waals surface area contributed by atoms with Crippen LogP contribution >= 0.6 is 0 Å². The maximum Gasteiger partial charge on any atom is 0.325 e. The molecule has 0 saturated carbocycles. The molecule has 1 aliphatic rings. The minimum Gasteiger partial charge on any atom is -0.338 e. The van der Waals surface area contributed by atoms with Gasteiger partial charge in [-0.05, 0) is 17.9 Å². The Morgan fingerprint density at radius 1 is 1.19 bits per heavy atom. The molecule has 2 rings (SSSR count). The summed E-state index contributed by atoms with van der Waals surface area (Å²) in [6, 6.07) is 7.67. The normalized spacial score (nSPS) is 19.2. The first-order valence-corrected chi connectivity index (χ1v) is 9.07. The zero-order valence-corrected chi connectivity index (χ0v) is 15.9. The number of amides is 6. The average molecular weight is 374 g/mol. The predicted octanol–water partition coefficient (Wildman–Crippen LogP) is 1.72. The third kappa shape index (κ3) is 4.64. The van der Waals surface area contributed by atoms with E-state index in [1.54, 1.807) is 24.3 Å². The van der Waals surface area contributed by atoms with Gasteiger partial charge < -0.3 is 10.6 Å². The zero-order valence-electron chi connectivity index (χ0n) is 15.9. The molecule has 0 unspecified atom stereocenters. The fraction of sp³-hybridized carbons (Fsp3) is 0.474. The molecular formula is C19H26N4O4. The predicted molar refractivity (Wildman–Crippen MR) is 99.7 cm³/mol. The third-order valence-corrected chi connectivity index (χ3v) is 4.29. The second-order valence-corrected chi connectivity index (χ2v) is 6.99. The lowest BCUT2D eigenvalue weighted by Crippen LogP contribution is -2.47. The van der Waals surface area contributed by atoms with Crippen LogP contribution in [0.3, 0.4) is 0 Å². The first-order chi connectivity index (χ1) is 12.8. The Kier molecular flexibility index (Phi) is 6.55. The summed E-state index contributed by atoms with van der Waals surface area (Å²) in [4.78, 5) is 50.1. The monoisotopic (exact) mass is 374 g/mol. The quantitative estimate of drug-likeness (QED) is 0.632. The van der Waals surface area contributed by atoms with Crippen molar-refractivity contribution in [2.24, 2.45) is 5.92 Å². The lowest BCUT2D eigenvalue weighted by molar-refractivity contribution is -0.135. The second-order valence-electron chi connectivity index (χ2n) is 6.99. The summed E-state index contributed by atoms with van der Waals surface area (Å²) >= 11 is 0. The Morgan fingerprint density at radius 2 is 1.85 bits per heavy atom. The Balaban J connectivity index is 2.10. The van der Waals surface area contributed by atoms with E-state index in [1.165, 1.54) is 0 Å². The molecule has 0 radical (unpaired) electrons. The van der Waals surface area contributed by atoms with Gasteiger partial charge >= 0.3 is 12.1 Å². The van der Waals surface area contributed by atoms with Gasteiger partial charge in [0.25, 0.3) is 5.91 Å². The molecule has 1 heterocycles. The highest BCUT2D eigenvalue weighted by Crippen LogP contribution is 2.33. The van der Waals surface area contributed by atoms with Crippen molar-refractivity contribution in [2.45, 2.75) is 39.2 Å². The van der Waals surface area contributed by atoms with E-state index in [1.807, 2.05) is 26.8 Å². The fourth-order valence-electron chi connectivity index (χ4n) is 3.03. The first kappa shape index (κ1) is 20.4. The summed E-state index contributed by atoms with van der Waals surface area (Å²) in [5.74, 6) is -0.976. The topological polar surface area (TPSA) is 108 Å². The van der Waals surface area contributed by atoms with Crippen molar-refractivity contribution < 1.29 is 19.2 Å². The summed E-state index contributed by atoms with van der Waals surface area (Å²) in [6.07, 6.45) is 1.08. The van der Waals surface area contributed by atoms with Crippen molar-refractivity contribution in [3.8, 4) is 0 Å². The highest BCUT2D eigenvalue weighted by atomic mass is 16.2. The Labute approximate surface area is 158 Å². The Morgan fingerprint density at radius 3 is 2.44 bits per heavy atom. The van der Waals surface area contributed by atoms with Gasteiger partial charge in [0, 0.05) is 6.54 Å². The molecule has 146 valence electrons. The molecule has 0 bridgehead atoms. The zero-order chi connectivity index (χ0) is 20.0. The molecule has 1 aromatic rings. The second kappa shape index (κ2) is 8.66. The van der Waals surface area contributed by atoms with Crippen LogP contribution in [-0.4, -0.2) is 41.9 Å². The summed E-state index contributed by atoms with van der Waals surface area (Å²) in [5, 5.41) is 7.43. The Hall–Kier alpha value is -2.90. The van der Waals surface area contributed by atoms with Gasteiger partial charge in [0.2, 0.25) is 5.91 Å². The van der Waals surface area contributed by atoms with Crippen LogP contribution in [0.2, 0.25) is 0 Å². The molecule has 8 nitrogen and oxygen atoms in total. The standard InChI is InChI=1S/C19H26N4O4/c1-4-10-19(14-8-6-5-7-9-14)16(25)23(18(27)22-19)12-15(24)21-17(26)20-11-13(2)3/h5-9,13H,4,10-12H2,1-3H3,(H,22,27)(H2,20,21,24,26)/t19-/m0/s1. The van der Waals surface area contributed by atoms with Crippen LogP contribution in [0.25, 0.3) is 0 Å². The van der Waals surface area contributed by atoms with Crippen LogP contribution in [0.5, 0.6) is 0 Å². The summed E-state index contributed by atoms with van der Waals surface area (Å²) in [6.45, 7) is 5.66. The number of hydrogen-bond acceptors (Lipinski definition) is 4. The van der Waals surface area contributed by atoms with Crippen LogP contribution in [0.15, 0.2) is 30.3 Å². The minimum atomic E-state index is -1.19. The fourth-order valence-corrected chi connectivity index (χ4v) is 3.03. The van der Waals surface area contributed by atoms with Gasteiger partial charge in [0.15, 0.2) is 0 Å². The van der Waals surface area contributed by atoms with E-state index in [4.69, 9.17) is 0 Å². The van der Waals surface area contributed by atoms with Crippen LogP contribution in [0.4, 0.5) is 9.59 Å². The maximum atomic E-state index is 13.0. The number of nitrogens with zero attached hydrogens (tertiary/aromatic N) is 1. The number of urea groups is 2. The van der Waals surface area contributed by atoms with Crippen molar-refractivity contribution >= 4 is 23.9 Å². The molecule has 0 aliphatic carbocycles. The number of rotatable bonds is 7. The van der Waals surface area contributed by atoms with Crippen LogP contribution < -0.4 is 16.0 Å². The van der Waals surface area contributed by atoms with E-state index in [2.05, 4.69) is 16.0 Å². The number of carbonyl (C=O) groups excluding carboxylic acids is 4. The molecular weight excluding hydrogens is 348 g/mol. The number of hydrogen-bond donors (Lipinski definition) is 3. The molecule has 27 heavy (non-hydrogen) atoms. The van der Waals surface area contributed by atoms with Gasteiger partial charge in [-0.1, -0.05) is 57.5 Å². The summed E-state index contributed by atoms with van der Waals surface area (Å²) < 4.78 is 0. The van der Waals surface area contributed by atoms with Crippen molar-refractivity contribution in [3.63, 3.8) is 0 Å². The van der Waals surface area contributed by atoms with E-state index in [0.29, 0.717) is 24.9 Å². The van der Waals surface area contributed by atoms with Crippen LogP contribution in [0.1, 0.15) is 39.2 Å². The van der Waals surface area contributed by atoms with Gasteiger partial charge in [0.05, 0.1) is 0 Å². The summed E-state index contributed by atoms with van der Waals surface area (Å²) in [5.41, 5.74) is -0.518. The van der Waals surface area contributed by atoms with Gasteiger partial charge in [-0.2, -0.15) is 0 Å². The highest BCUT2D eigenvalue weighted by molar-refractivity contribution is 6.10. The maximum absolute atomic E-state index is 13.0. The molecule has 1 aliphatic heterocycles. The first-order valence-electron chi connectivity index (χ1n) is 9.07. The van der Waals surface area contributed by atoms with Crippen molar-refractivity contribution in [3.05, 3.63) is 35.9 Å². The smallest absolute Gasteiger partial charge is 0.325 e. The lowest BCUT2D eigenvalue weighted by Gasteiger charge is -2.26. The Bertz CT molecular complexity index is 720. The van der Waals surface area contributed by atoms with Gasteiger partial charge in [-0.25, -0.2) is 9.59 Å². The van der Waals surface area contributed by atoms with Gasteiger partial charge in [-0.3, -0.25) is 19.8 Å². The number of imide groups is 2. The lowest BCUT2D eigenvalue weighted by atomic mass is 9.85. The molecule has 1 atom stereocenters. The van der Waals surface area contributed by atoms with E-state index < -0.39 is 36.0 Å². The van der Waals surface area contributed by atoms with Gasteiger partial charge in [-0.15, -0.1) is 0 Å². The molecule has 0 aromatic heterocycles. The van der Waals surface area contributed by atoms with Gasteiger partial charge in [0.1, 0.15) is 12.1 Å². The van der Waals surface area contributed by atoms with E-state index in [0.717, 1.165) is 4.90 Å². The van der Waals surface area contributed by atoms with Crippen LogP contribution in [0, 0.1) is 5.92 Å². The van der Waals surface area contributed by atoms with E-state index >= 15 is 0 Å². The molecule has 1 saturated heterocycles. The molecule has 8 heteroatoms. The third-order valence-electron chi connectivity index (χ3n) is 4.29. The van der Waals surface area contributed by atoms with Crippen LogP contribution in [-0.2, 0) is 15.1 Å². The molecule has 0 spiro atoms. The molecule has 3 N–H and O–H groups in total. The largest absolute Gasteiger partial charge is 0.338 e. The molecule has 1 fully saturated rings. The van der Waals surface area contributed by atoms with Crippen molar-refractivity contribution in [1.29, 1.82) is 0 Å². The average Bonchev–Trinajstić information content (AvgIpc) is 2.86. The number of nitrogens with one attached hydrogen (secondary N) is 3. The highest BCUT2D eigenvalue weighted by Gasteiger charge is 2.52. The van der Waals surface area contributed by atoms with E-state index in [-0.39, 0.29) is 5.92 Å². The SMILES string of the molecule is CCC[C@@]1(c2ccccc2)NC(=O)N(CC(=O)NC(=O)NCC(C)C)C1=O. The number of carbonyl (C=O) groups is 4. The van der Waals surface area contributed by atoms with Crippen molar-refractivity contribution in [1.82, 2.24) is 20.9 Å².